The van der Waals surface area contributed by atoms with Gasteiger partial charge in [-0.05, 0) is 48.6 Å². The second kappa shape index (κ2) is 6.34. The molecule has 2 heterocycles. The number of sulfonamides is 2. The van der Waals surface area contributed by atoms with E-state index in [9.17, 15) is 21.6 Å². The van der Waals surface area contributed by atoms with Gasteiger partial charge < -0.3 is 4.74 Å². The van der Waals surface area contributed by atoms with Crippen molar-refractivity contribution in [2.75, 3.05) is 11.4 Å². The molecule has 11 heteroatoms. The lowest BCUT2D eigenvalue weighted by Gasteiger charge is -2.24. The van der Waals surface area contributed by atoms with Crippen molar-refractivity contribution in [3.8, 4) is 0 Å². The molecule has 0 amide bonds. The third-order valence-corrected chi connectivity index (χ3v) is 7.97. The van der Waals surface area contributed by atoms with Gasteiger partial charge >= 0.3 is 5.97 Å². The van der Waals surface area contributed by atoms with Crippen LogP contribution in [-0.2, 0) is 31.2 Å². The number of thiophene rings is 1. The number of ether oxygens (including phenoxy) is 1. The van der Waals surface area contributed by atoms with E-state index < -0.39 is 32.1 Å². The van der Waals surface area contributed by atoms with Gasteiger partial charge in [0.15, 0.2) is 0 Å². The monoisotopic (exact) mass is 416 g/mol. The first-order valence-electron chi connectivity index (χ1n) is 7.43. The molecule has 1 aromatic carbocycles. The van der Waals surface area contributed by atoms with Crippen molar-refractivity contribution in [2.45, 2.75) is 29.2 Å². The molecule has 0 saturated carbocycles. The molecule has 1 atom stereocenters. The maximum Gasteiger partial charge on any atom is 0.349 e. The van der Waals surface area contributed by atoms with Gasteiger partial charge in [0.25, 0.3) is 10.0 Å². The standard InChI is InChI=1S/C15H16N2O6S3/c1-9-7-10-8-11(25(16,19)20)3-4-12(10)17(9)26(21,22)13-5-6-24-14(13)15(18)23-2/h3-6,8-9H,7H2,1-2H3,(H2,16,19,20). The average Bonchev–Trinajstić information content (AvgIpc) is 3.16. The summed E-state index contributed by atoms with van der Waals surface area (Å²) < 4.78 is 55.3. The van der Waals surface area contributed by atoms with E-state index in [1.807, 2.05) is 0 Å². The Balaban J connectivity index is 2.12. The zero-order chi connectivity index (χ0) is 19.3. The molecule has 0 bridgehead atoms. The van der Waals surface area contributed by atoms with Crippen molar-refractivity contribution in [1.82, 2.24) is 0 Å². The average molecular weight is 417 g/mol. The van der Waals surface area contributed by atoms with Gasteiger partial charge in [-0.1, -0.05) is 0 Å². The van der Waals surface area contributed by atoms with Crippen LogP contribution in [0.5, 0.6) is 0 Å². The first-order chi connectivity index (χ1) is 12.1. The quantitative estimate of drug-likeness (QED) is 0.750. The summed E-state index contributed by atoms with van der Waals surface area (Å²) in [5, 5.41) is 6.65. The lowest BCUT2D eigenvalue weighted by Crippen LogP contribution is -2.36. The molecule has 2 aromatic rings. The number of hydrogen-bond donors (Lipinski definition) is 1. The second-order valence-electron chi connectivity index (χ2n) is 5.80. The Bertz CT molecular complexity index is 1090. The highest BCUT2D eigenvalue weighted by Crippen LogP contribution is 2.39. The highest BCUT2D eigenvalue weighted by molar-refractivity contribution is 7.93. The van der Waals surface area contributed by atoms with Gasteiger partial charge in [-0.2, -0.15) is 0 Å². The number of carbonyl (C=O) groups excluding carboxylic acids is 1. The Kier molecular flexibility index (Phi) is 4.59. The maximum absolute atomic E-state index is 13.2. The van der Waals surface area contributed by atoms with Crippen molar-refractivity contribution in [3.63, 3.8) is 0 Å². The molecule has 0 fully saturated rings. The molecule has 2 N–H and O–H groups in total. The largest absolute Gasteiger partial charge is 0.465 e. The molecule has 0 aliphatic carbocycles. The van der Waals surface area contributed by atoms with Crippen LogP contribution in [0.4, 0.5) is 5.69 Å². The number of methoxy groups -OCH3 is 1. The van der Waals surface area contributed by atoms with Crippen LogP contribution >= 0.6 is 11.3 Å². The number of fused-ring (bicyclic) bond motifs is 1. The summed E-state index contributed by atoms with van der Waals surface area (Å²) in [6.45, 7) is 1.71. The fourth-order valence-electron chi connectivity index (χ4n) is 2.97. The number of esters is 1. The van der Waals surface area contributed by atoms with Crippen molar-refractivity contribution >= 4 is 43.0 Å². The number of anilines is 1. The predicted octanol–water partition coefficient (Wildman–Crippen LogP) is 1.32. The van der Waals surface area contributed by atoms with E-state index in [2.05, 4.69) is 4.74 Å². The molecule has 0 radical (unpaired) electrons. The molecule has 0 spiro atoms. The number of carbonyl (C=O) groups is 1. The van der Waals surface area contributed by atoms with Crippen LogP contribution < -0.4 is 9.44 Å². The number of rotatable bonds is 4. The maximum atomic E-state index is 13.2. The summed E-state index contributed by atoms with van der Waals surface area (Å²) in [6.07, 6.45) is 0.329. The van der Waals surface area contributed by atoms with Gasteiger partial charge in [-0.25, -0.2) is 26.8 Å². The molecule has 8 nitrogen and oxygen atoms in total. The van der Waals surface area contributed by atoms with E-state index in [-0.39, 0.29) is 14.7 Å². The van der Waals surface area contributed by atoms with E-state index in [0.29, 0.717) is 17.7 Å². The molecule has 1 aromatic heterocycles. The van der Waals surface area contributed by atoms with Gasteiger partial charge in [0.2, 0.25) is 10.0 Å². The fourth-order valence-corrected chi connectivity index (χ4v) is 6.54. The normalized spacial score (nSPS) is 17.2. The Morgan fingerprint density at radius 2 is 1.96 bits per heavy atom. The highest BCUT2D eigenvalue weighted by atomic mass is 32.2. The zero-order valence-electron chi connectivity index (χ0n) is 13.9. The topological polar surface area (TPSA) is 124 Å². The van der Waals surface area contributed by atoms with Crippen molar-refractivity contribution in [2.24, 2.45) is 5.14 Å². The molecule has 0 saturated heterocycles. The van der Waals surface area contributed by atoms with Crippen molar-refractivity contribution < 1.29 is 26.4 Å². The minimum atomic E-state index is -4.03. The van der Waals surface area contributed by atoms with Crippen LogP contribution in [0.3, 0.4) is 0 Å². The minimum Gasteiger partial charge on any atom is -0.465 e. The second-order valence-corrected chi connectivity index (χ2v) is 10.1. The Morgan fingerprint density at radius 1 is 1.27 bits per heavy atom. The Hall–Kier alpha value is -1.95. The van der Waals surface area contributed by atoms with Crippen LogP contribution in [-0.4, -0.2) is 36.0 Å². The molecule has 3 rings (SSSR count). The summed E-state index contributed by atoms with van der Waals surface area (Å²) in [7, 11) is -6.74. The first-order valence-corrected chi connectivity index (χ1v) is 11.3. The third kappa shape index (κ3) is 3.00. The van der Waals surface area contributed by atoms with Crippen LogP contribution in [0.2, 0.25) is 0 Å². The zero-order valence-corrected chi connectivity index (χ0v) is 16.3. The molecule has 1 aliphatic rings. The Labute approximate surface area is 155 Å². The number of nitrogens with zero attached hydrogens (tertiary/aromatic N) is 1. The van der Waals surface area contributed by atoms with Gasteiger partial charge in [0.1, 0.15) is 9.77 Å². The molecule has 1 unspecified atom stereocenters. The summed E-state index contributed by atoms with van der Waals surface area (Å²) in [5.41, 5.74) is 0.925. The van der Waals surface area contributed by atoms with E-state index in [1.165, 1.54) is 41.1 Å². The molecule has 140 valence electrons. The number of nitrogens with two attached hydrogens (primary N) is 1. The van der Waals surface area contributed by atoms with E-state index in [1.54, 1.807) is 6.92 Å². The lowest BCUT2D eigenvalue weighted by atomic mass is 10.1. The van der Waals surface area contributed by atoms with Gasteiger partial charge in [0.05, 0.1) is 17.7 Å². The summed E-state index contributed by atoms with van der Waals surface area (Å²) in [4.78, 5) is 11.6. The van der Waals surface area contributed by atoms with E-state index >= 15 is 0 Å². The summed E-state index contributed by atoms with van der Waals surface area (Å²) in [5.74, 6) is -0.727. The van der Waals surface area contributed by atoms with Crippen molar-refractivity contribution in [3.05, 3.63) is 40.1 Å². The molecular formula is C15H16N2O6S3. The lowest BCUT2D eigenvalue weighted by molar-refractivity contribution is 0.0602. The van der Waals surface area contributed by atoms with Crippen molar-refractivity contribution in [1.29, 1.82) is 0 Å². The van der Waals surface area contributed by atoms with Gasteiger partial charge in [-0.3, -0.25) is 4.31 Å². The van der Waals surface area contributed by atoms with Gasteiger partial charge in [-0.15, -0.1) is 11.3 Å². The molecule has 1 aliphatic heterocycles. The summed E-state index contributed by atoms with van der Waals surface area (Å²) >= 11 is 0.980. The number of benzene rings is 1. The van der Waals surface area contributed by atoms with Crippen LogP contribution in [0.15, 0.2) is 39.4 Å². The molecule has 26 heavy (non-hydrogen) atoms. The van der Waals surface area contributed by atoms with E-state index in [4.69, 9.17) is 5.14 Å². The minimum absolute atomic E-state index is 0.00527. The highest BCUT2D eigenvalue weighted by Gasteiger charge is 2.39. The third-order valence-electron chi connectivity index (χ3n) is 4.07. The Morgan fingerprint density at radius 3 is 2.58 bits per heavy atom. The fraction of sp³-hybridized carbons (Fsp3) is 0.267. The molecular weight excluding hydrogens is 400 g/mol. The van der Waals surface area contributed by atoms with E-state index in [0.717, 1.165) is 11.3 Å². The predicted molar refractivity (Wildman–Crippen MR) is 96.3 cm³/mol. The smallest absolute Gasteiger partial charge is 0.349 e. The van der Waals surface area contributed by atoms with Crippen LogP contribution in [0.25, 0.3) is 0 Å². The van der Waals surface area contributed by atoms with Crippen LogP contribution in [0.1, 0.15) is 22.2 Å². The van der Waals surface area contributed by atoms with Crippen LogP contribution in [0, 0.1) is 0 Å². The SMILES string of the molecule is COC(=O)c1sccc1S(=O)(=O)N1c2ccc(S(N)(=O)=O)cc2CC1C. The van der Waals surface area contributed by atoms with Gasteiger partial charge in [0, 0.05) is 6.04 Å². The number of primary sulfonamides is 1. The number of hydrogen-bond acceptors (Lipinski definition) is 7. The summed E-state index contributed by atoms with van der Waals surface area (Å²) in [6, 6.07) is 4.97. The first kappa shape index (κ1) is 18.8.